The van der Waals surface area contributed by atoms with Gasteiger partial charge in [0.05, 0.1) is 18.1 Å². The molecule has 0 bridgehead atoms. The fraction of sp³-hybridized carbons (Fsp3) is 0.296. The third kappa shape index (κ3) is 3.52. The number of amides is 2. The highest BCUT2D eigenvalue weighted by Crippen LogP contribution is 2.30. The molecule has 2 aliphatic heterocycles. The van der Waals surface area contributed by atoms with Gasteiger partial charge in [0, 0.05) is 54.8 Å². The van der Waals surface area contributed by atoms with E-state index in [1.54, 1.807) is 19.2 Å². The van der Waals surface area contributed by atoms with Crippen molar-refractivity contribution < 1.29 is 14.3 Å². The number of imidazole rings is 1. The Labute approximate surface area is 201 Å². The van der Waals surface area contributed by atoms with E-state index in [9.17, 15) is 14.4 Å². The lowest BCUT2D eigenvalue weighted by Crippen LogP contribution is -2.46. The Bertz CT molecular complexity index is 1480. The van der Waals surface area contributed by atoms with E-state index in [2.05, 4.69) is 9.88 Å². The number of aromatic nitrogens is 2. The minimum absolute atomic E-state index is 0.101. The summed E-state index contributed by atoms with van der Waals surface area (Å²) in [6.07, 6.45) is 1.64. The molecule has 0 aliphatic carbocycles. The topological polar surface area (TPSA) is 87.6 Å². The maximum Gasteiger partial charge on any atom is 0.326 e. The van der Waals surface area contributed by atoms with E-state index < -0.39 is 0 Å². The lowest BCUT2D eigenvalue weighted by molar-refractivity contribution is 0.0583. The van der Waals surface area contributed by atoms with Crippen molar-refractivity contribution in [2.45, 2.75) is 18.9 Å². The summed E-state index contributed by atoms with van der Waals surface area (Å²) in [7, 11) is 1.61. The van der Waals surface area contributed by atoms with Crippen molar-refractivity contribution in [3.8, 4) is 5.75 Å². The molecular weight excluding hydrogens is 444 g/mol. The SMILES string of the molecule is COc1ccc2c(c1)[nH]c(=O)n2C1CCN(CCN2C(=O)c3cccc4cccc(c34)C2=O)CC1. The first-order chi connectivity index (χ1) is 17.0. The van der Waals surface area contributed by atoms with Crippen molar-refractivity contribution in [1.82, 2.24) is 19.4 Å². The average Bonchev–Trinajstić information content (AvgIpc) is 3.22. The maximum absolute atomic E-state index is 13.1. The number of ether oxygens (including phenoxy) is 1. The van der Waals surface area contributed by atoms with Crippen LogP contribution >= 0.6 is 0 Å². The van der Waals surface area contributed by atoms with Gasteiger partial charge in [-0.05, 0) is 42.5 Å². The second kappa shape index (κ2) is 8.39. The molecule has 0 atom stereocenters. The molecule has 1 saturated heterocycles. The first-order valence-electron chi connectivity index (χ1n) is 11.9. The van der Waals surface area contributed by atoms with Gasteiger partial charge in [0.1, 0.15) is 5.75 Å². The van der Waals surface area contributed by atoms with Crippen LogP contribution in [0.3, 0.4) is 0 Å². The number of piperidine rings is 1. The Hall–Kier alpha value is -3.91. The summed E-state index contributed by atoms with van der Waals surface area (Å²) in [5.41, 5.74) is 2.73. The fourth-order valence-electron chi connectivity index (χ4n) is 5.53. The van der Waals surface area contributed by atoms with Crippen LogP contribution in [-0.2, 0) is 0 Å². The molecule has 3 aromatic carbocycles. The van der Waals surface area contributed by atoms with Crippen LogP contribution in [0.15, 0.2) is 59.4 Å². The number of hydrogen-bond acceptors (Lipinski definition) is 5. The molecule has 0 unspecified atom stereocenters. The van der Waals surface area contributed by atoms with Crippen LogP contribution in [-0.4, -0.2) is 64.5 Å². The van der Waals surface area contributed by atoms with Gasteiger partial charge in [0.15, 0.2) is 0 Å². The van der Waals surface area contributed by atoms with E-state index in [0.29, 0.717) is 30.0 Å². The minimum Gasteiger partial charge on any atom is -0.497 e. The number of methoxy groups -OCH3 is 1. The van der Waals surface area contributed by atoms with Crippen molar-refractivity contribution in [3.63, 3.8) is 0 Å². The Morgan fingerprint density at radius 3 is 2.26 bits per heavy atom. The second-order valence-corrected chi connectivity index (χ2v) is 9.23. The lowest BCUT2D eigenvalue weighted by atomic mass is 9.94. The van der Waals surface area contributed by atoms with E-state index in [1.807, 2.05) is 47.0 Å². The predicted molar refractivity (Wildman–Crippen MR) is 133 cm³/mol. The summed E-state index contributed by atoms with van der Waals surface area (Å²) in [5, 5.41) is 1.67. The number of rotatable bonds is 5. The summed E-state index contributed by atoms with van der Waals surface area (Å²) in [5.74, 6) is 0.256. The monoisotopic (exact) mass is 470 g/mol. The van der Waals surface area contributed by atoms with Crippen LogP contribution in [0.1, 0.15) is 39.6 Å². The highest BCUT2D eigenvalue weighted by molar-refractivity contribution is 6.25. The van der Waals surface area contributed by atoms with Gasteiger partial charge in [-0.3, -0.25) is 19.1 Å². The third-order valence-electron chi connectivity index (χ3n) is 7.34. The zero-order valence-electron chi connectivity index (χ0n) is 19.5. The number of H-pyrrole nitrogens is 1. The van der Waals surface area contributed by atoms with Crippen molar-refractivity contribution in [2.75, 3.05) is 33.3 Å². The molecule has 35 heavy (non-hydrogen) atoms. The number of nitrogens with zero attached hydrogens (tertiary/aromatic N) is 3. The molecule has 1 fully saturated rings. The van der Waals surface area contributed by atoms with Crippen LogP contribution in [0.2, 0.25) is 0 Å². The van der Waals surface area contributed by atoms with Crippen molar-refractivity contribution in [3.05, 3.63) is 76.2 Å². The zero-order valence-corrected chi connectivity index (χ0v) is 19.5. The number of carbonyl (C=O) groups excluding carboxylic acids is 2. The van der Waals surface area contributed by atoms with E-state index in [0.717, 1.165) is 47.7 Å². The number of carbonyl (C=O) groups is 2. The molecule has 0 radical (unpaired) electrons. The summed E-state index contributed by atoms with van der Waals surface area (Å²) in [4.78, 5) is 45.5. The quantitative estimate of drug-likeness (QED) is 0.452. The number of likely N-dealkylation sites (tertiary alicyclic amines) is 1. The molecule has 178 valence electrons. The van der Waals surface area contributed by atoms with Gasteiger partial charge in [-0.1, -0.05) is 24.3 Å². The summed E-state index contributed by atoms with van der Waals surface area (Å²) < 4.78 is 7.12. The van der Waals surface area contributed by atoms with Gasteiger partial charge in [-0.15, -0.1) is 0 Å². The molecule has 1 N–H and O–H groups in total. The van der Waals surface area contributed by atoms with E-state index >= 15 is 0 Å². The van der Waals surface area contributed by atoms with Crippen LogP contribution in [0.25, 0.3) is 21.8 Å². The molecule has 6 rings (SSSR count). The first-order valence-corrected chi connectivity index (χ1v) is 11.9. The number of aromatic amines is 1. The second-order valence-electron chi connectivity index (χ2n) is 9.23. The van der Waals surface area contributed by atoms with Crippen molar-refractivity contribution in [1.29, 1.82) is 0 Å². The predicted octanol–water partition coefficient (Wildman–Crippen LogP) is 3.42. The van der Waals surface area contributed by atoms with E-state index in [4.69, 9.17) is 4.74 Å². The molecule has 1 aromatic heterocycles. The summed E-state index contributed by atoms with van der Waals surface area (Å²) >= 11 is 0. The van der Waals surface area contributed by atoms with Gasteiger partial charge in [0.2, 0.25) is 0 Å². The Kier molecular flexibility index (Phi) is 5.18. The lowest BCUT2D eigenvalue weighted by Gasteiger charge is -2.34. The number of benzene rings is 3. The summed E-state index contributed by atoms with van der Waals surface area (Å²) in [6, 6.07) is 16.9. The molecule has 3 heterocycles. The van der Waals surface area contributed by atoms with Gasteiger partial charge in [-0.25, -0.2) is 4.79 Å². The molecule has 2 amide bonds. The number of hydrogen-bond donors (Lipinski definition) is 1. The van der Waals surface area contributed by atoms with Gasteiger partial charge >= 0.3 is 5.69 Å². The van der Waals surface area contributed by atoms with E-state index in [1.165, 1.54) is 4.90 Å². The molecule has 4 aromatic rings. The Morgan fingerprint density at radius 2 is 1.60 bits per heavy atom. The van der Waals surface area contributed by atoms with Gasteiger partial charge in [-0.2, -0.15) is 0 Å². The van der Waals surface area contributed by atoms with E-state index in [-0.39, 0.29) is 23.5 Å². The average molecular weight is 471 g/mol. The zero-order chi connectivity index (χ0) is 24.1. The molecule has 8 heteroatoms. The molecular formula is C27H26N4O4. The fourth-order valence-corrected chi connectivity index (χ4v) is 5.53. The van der Waals surface area contributed by atoms with Crippen LogP contribution in [0.4, 0.5) is 0 Å². The van der Waals surface area contributed by atoms with Crippen LogP contribution in [0, 0.1) is 0 Å². The molecule has 8 nitrogen and oxygen atoms in total. The van der Waals surface area contributed by atoms with Crippen molar-refractivity contribution >= 4 is 33.6 Å². The third-order valence-corrected chi connectivity index (χ3v) is 7.34. The van der Waals surface area contributed by atoms with Gasteiger partial charge < -0.3 is 14.6 Å². The smallest absolute Gasteiger partial charge is 0.326 e. The first kappa shape index (κ1) is 21.6. The minimum atomic E-state index is -0.227. The standard InChI is InChI=1S/C27H26N4O4/c1-35-19-8-9-23-22(16-19)28-27(34)31(23)18-10-12-29(13-11-18)14-15-30-25(32)20-6-2-4-17-5-3-7-21(24(17)20)26(30)33/h2-9,16,18H,10-15H2,1H3,(H,28,34). The largest absolute Gasteiger partial charge is 0.497 e. The van der Waals surface area contributed by atoms with Crippen LogP contribution < -0.4 is 10.4 Å². The van der Waals surface area contributed by atoms with Crippen LogP contribution in [0.5, 0.6) is 5.75 Å². The molecule has 2 aliphatic rings. The number of nitrogens with one attached hydrogen (secondary N) is 1. The Balaban J connectivity index is 1.14. The maximum atomic E-state index is 13.1. The summed E-state index contributed by atoms with van der Waals surface area (Å²) in [6.45, 7) is 2.55. The van der Waals surface area contributed by atoms with Crippen molar-refractivity contribution in [2.24, 2.45) is 0 Å². The number of imide groups is 1. The molecule has 0 saturated carbocycles. The van der Waals surface area contributed by atoms with Gasteiger partial charge in [0.25, 0.3) is 11.8 Å². The highest BCUT2D eigenvalue weighted by atomic mass is 16.5. The highest BCUT2D eigenvalue weighted by Gasteiger charge is 2.33. The normalized spacial score (nSPS) is 17.0. The Morgan fingerprint density at radius 1 is 0.914 bits per heavy atom. The molecule has 0 spiro atoms. The number of fused-ring (bicyclic) bond motifs is 1.